The SMILES string of the molecule is O=C(CSc1nnc(CN2CCCC2)n1-c1ccccc1)c1ccccc1. The number of ketones is 1. The van der Waals surface area contributed by atoms with E-state index in [0.717, 1.165) is 41.9 Å². The molecule has 0 unspecified atom stereocenters. The quantitative estimate of drug-likeness (QED) is 0.462. The van der Waals surface area contributed by atoms with Crippen molar-refractivity contribution in [3.63, 3.8) is 0 Å². The van der Waals surface area contributed by atoms with Gasteiger partial charge in [-0.15, -0.1) is 10.2 Å². The lowest BCUT2D eigenvalue weighted by Crippen LogP contribution is -2.21. The molecule has 0 spiro atoms. The molecule has 0 N–H and O–H groups in total. The number of Topliss-reactive ketones (excluding diaryl/α,β-unsaturated/α-hetero) is 1. The van der Waals surface area contributed by atoms with Gasteiger partial charge < -0.3 is 0 Å². The van der Waals surface area contributed by atoms with E-state index in [1.165, 1.54) is 24.6 Å². The summed E-state index contributed by atoms with van der Waals surface area (Å²) >= 11 is 1.44. The molecule has 27 heavy (non-hydrogen) atoms. The summed E-state index contributed by atoms with van der Waals surface area (Å²) in [6, 6.07) is 19.5. The monoisotopic (exact) mass is 378 g/mol. The van der Waals surface area contributed by atoms with Crippen molar-refractivity contribution in [3.05, 3.63) is 72.1 Å². The summed E-state index contributed by atoms with van der Waals surface area (Å²) in [4.78, 5) is 14.9. The van der Waals surface area contributed by atoms with Crippen molar-refractivity contribution < 1.29 is 4.79 Å². The molecule has 5 nitrogen and oxygen atoms in total. The predicted molar refractivity (Wildman–Crippen MR) is 107 cm³/mol. The Labute approximate surface area is 163 Å². The second-order valence-electron chi connectivity index (χ2n) is 6.63. The number of nitrogens with zero attached hydrogens (tertiary/aromatic N) is 4. The molecule has 3 aromatic rings. The molecule has 1 aliphatic heterocycles. The molecule has 0 amide bonds. The Balaban J connectivity index is 1.56. The van der Waals surface area contributed by atoms with Crippen LogP contribution in [0.25, 0.3) is 5.69 Å². The van der Waals surface area contributed by atoms with Gasteiger partial charge in [0.25, 0.3) is 0 Å². The van der Waals surface area contributed by atoms with Crippen LogP contribution in [0.3, 0.4) is 0 Å². The second kappa shape index (κ2) is 8.50. The van der Waals surface area contributed by atoms with E-state index < -0.39 is 0 Å². The van der Waals surface area contributed by atoms with Crippen LogP contribution >= 0.6 is 11.8 Å². The Morgan fingerprint density at radius 2 is 1.59 bits per heavy atom. The fourth-order valence-electron chi connectivity index (χ4n) is 3.31. The van der Waals surface area contributed by atoms with Gasteiger partial charge in [-0.3, -0.25) is 14.3 Å². The van der Waals surface area contributed by atoms with Crippen LogP contribution in [0.4, 0.5) is 0 Å². The molecule has 6 heteroatoms. The number of benzene rings is 2. The first-order valence-corrected chi connectivity index (χ1v) is 10.2. The van der Waals surface area contributed by atoms with E-state index in [2.05, 4.69) is 31.8 Å². The summed E-state index contributed by atoms with van der Waals surface area (Å²) in [5, 5.41) is 9.61. The Kier molecular flexibility index (Phi) is 5.65. The van der Waals surface area contributed by atoms with Gasteiger partial charge in [0.05, 0.1) is 12.3 Å². The summed E-state index contributed by atoms with van der Waals surface area (Å²) in [6.45, 7) is 3.00. The average molecular weight is 379 g/mol. The normalized spacial score (nSPS) is 14.5. The fourth-order valence-corrected chi connectivity index (χ4v) is 4.18. The van der Waals surface area contributed by atoms with Crippen molar-refractivity contribution in [1.29, 1.82) is 0 Å². The van der Waals surface area contributed by atoms with Gasteiger partial charge in [0.2, 0.25) is 0 Å². The van der Waals surface area contributed by atoms with Gasteiger partial charge >= 0.3 is 0 Å². The second-order valence-corrected chi connectivity index (χ2v) is 7.57. The molecule has 0 bridgehead atoms. The highest BCUT2D eigenvalue weighted by molar-refractivity contribution is 7.99. The Hall–Kier alpha value is -2.44. The molecule has 138 valence electrons. The number of likely N-dealkylation sites (tertiary alicyclic amines) is 1. The molecule has 0 atom stereocenters. The van der Waals surface area contributed by atoms with Crippen molar-refractivity contribution in [1.82, 2.24) is 19.7 Å². The maximum Gasteiger partial charge on any atom is 0.196 e. The van der Waals surface area contributed by atoms with Crippen LogP contribution in [0.15, 0.2) is 65.8 Å². The molecule has 1 fully saturated rings. The highest BCUT2D eigenvalue weighted by Gasteiger charge is 2.20. The fraction of sp³-hybridized carbons (Fsp3) is 0.286. The molecule has 1 saturated heterocycles. The smallest absolute Gasteiger partial charge is 0.196 e. The van der Waals surface area contributed by atoms with Gasteiger partial charge in [0.1, 0.15) is 0 Å². The van der Waals surface area contributed by atoms with Crippen LogP contribution in [0.5, 0.6) is 0 Å². The molecule has 2 heterocycles. The van der Waals surface area contributed by atoms with Crippen LogP contribution in [0.2, 0.25) is 0 Å². The van der Waals surface area contributed by atoms with E-state index in [1.54, 1.807) is 0 Å². The van der Waals surface area contributed by atoms with Crippen LogP contribution in [0.1, 0.15) is 29.0 Å². The molecular weight excluding hydrogens is 356 g/mol. The van der Waals surface area contributed by atoms with Crippen molar-refractivity contribution in [2.24, 2.45) is 0 Å². The van der Waals surface area contributed by atoms with E-state index in [9.17, 15) is 4.79 Å². The third kappa shape index (κ3) is 4.28. The van der Waals surface area contributed by atoms with Gasteiger partial charge in [-0.05, 0) is 38.1 Å². The van der Waals surface area contributed by atoms with Gasteiger partial charge in [0, 0.05) is 11.3 Å². The number of aromatic nitrogens is 3. The Morgan fingerprint density at radius 1 is 0.926 bits per heavy atom. The number of hydrogen-bond donors (Lipinski definition) is 0. The first kappa shape index (κ1) is 17.9. The van der Waals surface area contributed by atoms with E-state index >= 15 is 0 Å². The number of carbonyl (C=O) groups is 1. The van der Waals surface area contributed by atoms with Crippen LogP contribution < -0.4 is 0 Å². The summed E-state index contributed by atoms with van der Waals surface area (Å²) in [6.07, 6.45) is 2.49. The largest absolute Gasteiger partial charge is 0.296 e. The molecule has 1 aliphatic rings. The lowest BCUT2D eigenvalue weighted by atomic mass is 10.2. The lowest BCUT2D eigenvalue weighted by molar-refractivity contribution is 0.102. The molecule has 4 rings (SSSR count). The topological polar surface area (TPSA) is 51.0 Å². The van der Waals surface area contributed by atoms with Crippen molar-refractivity contribution in [2.75, 3.05) is 18.8 Å². The number of para-hydroxylation sites is 1. The minimum absolute atomic E-state index is 0.101. The highest BCUT2D eigenvalue weighted by Crippen LogP contribution is 2.24. The first-order chi connectivity index (χ1) is 13.3. The Morgan fingerprint density at radius 3 is 2.30 bits per heavy atom. The summed E-state index contributed by atoms with van der Waals surface area (Å²) in [5.74, 6) is 1.38. The van der Waals surface area contributed by atoms with E-state index in [-0.39, 0.29) is 5.78 Å². The highest BCUT2D eigenvalue weighted by atomic mass is 32.2. The van der Waals surface area contributed by atoms with Crippen LogP contribution in [-0.2, 0) is 6.54 Å². The van der Waals surface area contributed by atoms with Gasteiger partial charge in [-0.25, -0.2) is 0 Å². The summed E-state index contributed by atoms with van der Waals surface area (Å²) < 4.78 is 2.08. The third-order valence-corrected chi connectivity index (χ3v) is 5.64. The summed E-state index contributed by atoms with van der Waals surface area (Å²) in [7, 11) is 0. The summed E-state index contributed by atoms with van der Waals surface area (Å²) in [5.41, 5.74) is 1.76. The zero-order valence-electron chi connectivity index (χ0n) is 15.1. The molecule has 2 aromatic carbocycles. The minimum atomic E-state index is 0.101. The minimum Gasteiger partial charge on any atom is -0.296 e. The van der Waals surface area contributed by atoms with Gasteiger partial charge in [-0.2, -0.15) is 0 Å². The average Bonchev–Trinajstić information content (AvgIpc) is 3.38. The maximum absolute atomic E-state index is 12.5. The van der Waals surface area contributed by atoms with E-state index in [4.69, 9.17) is 0 Å². The number of hydrogen-bond acceptors (Lipinski definition) is 5. The number of carbonyl (C=O) groups excluding carboxylic acids is 1. The Bertz CT molecular complexity index is 889. The molecule has 1 aromatic heterocycles. The maximum atomic E-state index is 12.5. The van der Waals surface area contributed by atoms with Crippen molar-refractivity contribution >= 4 is 17.5 Å². The standard InChI is InChI=1S/C21H22N4OS/c26-19(17-9-3-1-4-10-17)16-27-21-23-22-20(15-24-13-7-8-14-24)25(21)18-11-5-2-6-12-18/h1-6,9-12H,7-8,13-16H2. The van der Waals surface area contributed by atoms with E-state index in [1.807, 2.05) is 48.5 Å². The van der Waals surface area contributed by atoms with Crippen LogP contribution in [0, 0.1) is 0 Å². The molecule has 0 aliphatic carbocycles. The third-order valence-electron chi connectivity index (χ3n) is 4.71. The first-order valence-electron chi connectivity index (χ1n) is 9.24. The zero-order chi connectivity index (χ0) is 18.5. The molecule has 0 radical (unpaired) electrons. The van der Waals surface area contributed by atoms with Gasteiger partial charge in [0.15, 0.2) is 16.8 Å². The predicted octanol–water partition coefficient (Wildman–Crippen LogP) is 3.84. The zero-order valence-corrected chi connectivity index (χ0v) is 15.9. The van der Waals surface area contributed by atoms with E-state index in [0.29, 0.717) is 5.75 Å². The van der Waals surface area contributed by atoms with Crippen molar-refractivity contribution in [3.8, 4) is 5.69 Å². The van der Waals surface area contributed by atoms with Crippen molar-refractivity contribution in [2.45, 2.75) is 24.5 Å². The van der Waals surface area contributed by atoms with Crippen LogP contribution in [-0.4, -0.2) is 44.3 Å². The number of thioether (sulfide) groups is 1. The number of rotatable bonds is 7. The lowest BCUT2D eigenvalue weighted by Gasteiger charge is -2.15. The van der Waals surface area contributed by atoms with Gasteiger partial charge in [-0.1, -0.05) is 60.3 Å². The molecule has 0 saturated carbocycles. The molecular formula is C21H22N4OS.